The summed E-state index contributed by atoms with van der Waals surface area (Å²) in [4.78, 5) is 24.3. The van der Waals surface area contributed by atoms with Gasteiger partial charge in [0.1, 0.15) is 11.3 Å². The molecule has 0 atom stereocenters. The molecule has 2 N–H and O–H groups in total. The number of aromatic amines is 1. The Morgan fingerprint density at radius 1 is 1.18 bits per heavy atom. The fourth-order valence-corrected chi connectivity index (χ4v) is 5.31. The molecule has 8 nitrogen and oxygen atoms in total. The molecule has 34 heavy (non-hydrogen) atoms. The highest BCUT2D eigenvalue weighted by Gasteiger charge is 2.13. The average Bonchev–Trinajstić information content (AvgIpc) is 3.45. The molecule has 5 rings (SSSR count). The topological polar surface area (TPSA) is 105 Å². The average molecular weight is 601 g/mol. The number of aromatic nitrogens is 3. The Morgan fingerprint density at radius 2 is 2.06 bits per heavy atom. The van der Waals surface area contributed by atoms with Gasteiger partial charge < -0.3 is 14.1 Å². The molecule has 0 aliphatic heterocycles. The van der Waals surface area contributed by atoms with Gasteiger partial charge in [-0.2, -0.15) is 5.10 Å². The van der Waals surface area contributed by atoms with Crippen LogP contribution in [0.1, 0.15) is 5.76 Å². The van der Waals surface area contributed by atoms with Gasteiger partial charge >= 0.3 is 0 Å². The number of imidazole rings is 1. The van der Waals surface area contributed by atoms with Gasteiger partial charge in [-0.15, -0.1) is 0 Å². The van der Waals surface area contributed by atoms with Gasteiger partial charge in [0, 0.05) is 16.1 Å². The van der Waals surface area contributed by atoms with E-state index in [2.05, 4.69) is 57.3 Å². The number of carbonyl (C=O) groups excluding carboxylic acids is 1. The fraction of sp³-hybridized carbons (Fsp3) is 0.0435. The number of fused-ring (bicyclic) bond motifs is 2. The number of hydrogen-bond acceptors (Lipinski definition) is 7. The summed E-state index contributed by atoms with van der Waals surface area (Å²) in [5, 5.41) is 6.20. The van der Waals surface area contributed by atoms with Gasteiger partial charge in [-0.1, -0.05) is 34.1 Å². The molecule has 0 bridgehead atoms. The van der Waals surface area contributed by atoms with E-state index in [1.165, 1.54) is 18.0 Å². The molecule has 0 fully saturated rings. The van der Waals surface area contributed by atoms with Crippen molar-refractivity contribution in [2.24, 2.45) is 5.10 Å². The highest BCUT2D eigenvalue weighted by atomic mass is 79.9. The number of carbonyl (C=O) groups is 1. The first-order valence-corrected chi connectivity index (χ1v) is 12.4. The summed E-state index contributed by atoms with van der Waals surface area (Å²) in [5.41, 5.74) is 4.93. The first-order chi connectivity index (χ1) is 16.6. The molecular formula is C23H15Br2N5O3S. The Bertz CT molecular complexity index is 1500. The third kappa shape index (κ3) is 5.01. The first kappa shape index (κ1) is 22.6. The zero-order chi connectivity index (χ0) is 23.5. The van der Waals surface area contributed by atoms with Crippen LogP contribution in [0, 0.1) is 0 Å². The number of rotatable bonds is 7. The van der Waals surface area contributed by atoms with Crippen molar-refractivity contribution in [3.8, 4) is 5.75 Å². The van der Waals surface area contributed by atoms with Crippen LogP contribution in [-0.2, 0) is 4.79 Å². The smallest absolute Gasteiger partial charge is 0.277 e. The van der Waals surface area contributed by atoms with E-state index in [0.717, 1.165) is 26.0 Å². The van der Waals surface area contributed by atoms with Crippen LogP contribution in [0.3, 0.4) is 0 Å². The van der Waals surface area contributed by atoms with Crippen LogP contribution in [0.4, 0.5) is 0 Å². The summed E-state index contributed by atoms with van der Waals surface area (Å²) >= 11 is 8.33. The zero-order valence-electron chi connectivity index (χ0n) is 17.3. The molecule has 3 heterocycles. The van der Waals surface area contributed by atoms with E-state index in [4.69, 9.17) is 9.15 Å². The summed E-state index contributed by atoms with van der Waals surface area (Å²) in [6.45, 7) is -0.228. The third-order valence-electron chi connectivity index (χ3n) is 4.65. The molecule has 0 radical (unpaired) electrons. The van der Waals surface area contributed by atoms with E-state index in [-0.39, 0.29) is 6.61 Å². The summed E-state index contributed by atoms with van der Waals surface area (Å²) < 4.78 is 13.0. The van der Waals surface area contributed by atoms with Crippen molar-refractivity contribution in [2.45, 2.75) is 10.2 Å². The second-order valence-corrected chi connectivity index (χ2v) is 9.67. The predicted molar refractivity (Wildman–Crippen MR) is 137 cm³/mol. The molecule has 1 amide bonds. The number of hydrogen-bond donors (Lipinski definition) is 2. The first-order valence-electron chi connectivity index (χ1n) is 9.97. The van der Waals surface area contributed by atoms with Crippen molar-refractivity contribution in [2.75, 3.05) is 6.61 Å². The van der Waals surface area contributed by atoms with Gasteiger partial charge in [0.05, 0.1) is 21.7 Å². The number of halogens is 2. The van der Waals surface area contributed by atoms with Crippen molar-refractivity contribution >= 4 is 77.7 Å². The summed E-state index contributed by atoms with van der Waals surface area (Å²) in [7, 11) is 0. The van der Waals surface area contributed by atoms with E-state index in [9.17, 15) is 4.79 Å². The highest BCUT2D eigenvalue weighted by Crippen LogP contribution is 2.37. The lowest BCUT2D eigenvalue weighted by molar-refractivity contribution is -0.123. The second kappa shape index (κ2) is 10.00. The molecule has 0 aliphatic carbocycles. The monoisotopic (exact) mass is 599 g/mol. The molecule has 11 heteroatoms. The van der Waals surface area contributed by atoms with Crippen molar-refractivity contribution in [1.82, 2.24) is 20.4 Å². The number of ether oxygens (including phenoxy) is 1. The second-order valence-electron chi connectivity index (χ2n) is 6.97. The molecule has 0 saturated carbocycles. The minimum atomic E-state index is -0.418. The number of amides is 1. The molecule has 170 valence electrons. The number of para-hydroxylation sites is 2. The largest absolute Gasteiger partial charge is 0.480 e. The normalized spacial score (nSPS) is 11.5. The van der Waals surface area contributed by atoms with Crippen LogP contribution in [0.2, 0.25) is 0 Å². The number of nitrogens with one attached hydrogen (secondary N) is 2. The summed E-state index contributed by atoms with van der Waals surface area (Å²) in [6.07, 6.45) is 3.09. The molecule has 0 spiro atoms. The SMILES string of the molecule is O=C(COc1c(Br)cc(Br)c2cccnc12)N/N=C/c1ccc(Sc2nc3ccccc3[nH]2)o1. The van der Waals surface area contributed by atoms with E-state index in [1.807, 2.05) is 48.5 Å². The van der Waals surface area contributed by atoms with E-state index < -0.39 is 5.91 Å². The van der Waals surface area contributed by atoms with Crippen LogP contribution >= 0.6 is 43.6 Å². The molecule has 0 unspecified atom stereocenters. The van der Waals surface area contributed by atoms with Crippen molar-refractivity contribution in [3.63, 3.8) is 0 Å². The maximum atomic E-state index is 12.2. The van der Waals surface area contributed by atoms with E-state index >= 15 is 0 Å². The number of benzene rings is 2. The summed E-state index contributed by atoms with van der Waals surface area (Å²) in [5.74, 6) is 0.556. The Labute approximate surface area is 214 Å². The van der Waals surface area contributed by atoms with Crippen LogP contribution in [-0.4, -0.2) is 33.7 Å². The molecule has 0 aliphatic rings. The summed E-state index contributed by atoms with van der Waals surface area (Å²) in [6, 6.07) is 17.0. The quantitative estimate of drug-likeness (QED) is 0.178. The highest BCUT2D eigenvalue weighted by molar-refractivity contribution is 9.11. The minimum Gasteiger partial charge on any atom is -0.480 e. The van der Waals surface area contributed by atoms with Crippen molar-refractivity contribution in [1.29, 1.82) is 0 Å². The predicted octanol–water partition coefficient (Wildman–Crippen LogP) is 5.91. The molecule has 2 aromatic carbocycles. The Morgan fingerprint density at radius 3 is 2.94 bits per heavy atom. The lowest BCUT2D eigenvalue weighted by Crippen LogP contribution is -2.24. The van der Waals surface area contributed by atoms with Crippen LogP contribution in [0.5, 0.6) is 5.75 Å². The van der Waals surface area contributed by atoms with Gasteiger partial charge in [0.2, 0.25) is 0 Å². The third-order valence-corrected chi connectivity index (χ3v) is 6.70. The van der Waals surface area contributed by atoms with Gasteiger partial charge in [0.15, 0.2) is 22.6 Å². The maximum absolute atomic E-state index is 12.2. The van der Waals surface area contributed by atoms with Gasteiger partial charge in [-0.05, 0) is 64.1 Å². The Hall–Kier alpha value is -3.15. The Kier molecular flexibility index (Phi) is 6.66. The van der Waals surface area contributed by atoms with Crippen molar-refractivity contribution < 1.29 is 13.9 Å². The van der Waals surface area contributed by atoms with Gasteiger partial charge in [-0.25, -0.2) is 10.4 Å². The zero-order valence-corrected chi connectivity index (χ0v) is 21.3. The molecule has 3 aromatic heterocycles. The Balaban J connectivity index is 1.17. The molecule has 0 saturated heterocycles. The van der Waals surface area contributed by atoms with Gasteiger partial charge in [-0.3, -0.25) is 9.78 Å². The van der Waals surface area contributed by atoms with Crippen LogP contribution < -0.4 is 10.2 Å². The molecular weight excluding hydrogens is 586 g/mol. The molecule has 5 aromatic rings. The maximum Gasteiger partial charge on any atom is 0.277 e. The van der Waals surface area contributed by atoms with E-state index in [1.54, 1.807) is 12.3 Å². The number of hydrazone groups is 1. The lowest BCUT2D eigenvalue weighted by atomic mass is 10.2. The lowest BCUT2D eigenvalue weighted by Gasteiger charge is -2.11. The van der Waals surface area contributed by atoms with Crippen LogP contribution in [0.25, 0.3) is 21.9 Å². The van der Waals surface area contributed by atoms with Crippen LogP contribution in [0.15, 0.2) is 89.5 Å². The van der Waals surface area contributed by atoms with Crippen molar-refractivity contribution in [3.05, 3.63) is 75.5 Å². The fourth-order valence-electron chi connectivity index (χ4n) is 3.15. The number of nitrogens with zero attached hydrogens (tertiary/aromatic N) is 3. The number of pyridine rings is 1. The number of H-pyrrole nitrogens is 1. The van der Waals surface area contributed by atoms with Gasteiger partial charge in [0.25, 0.3) is 5.91 Å². The van der Waals surface area contributed by atoms with E-state index in [0.29, 0.717) is 26.6 Å². The number of furan rings is 1. The standard InChI is InChI=1S/C23H15Br2N5O3S/c24-15-10-16(25)22(21-14(15)4-3-9-26-21)32-12-19(31)30-27-11-13-7-8-20(33-13)34-23-28-17-5-1-2-6-18(17)29-23/h1-11H,12H2,(H,28,29)(H,30,31)/b27-11+. The minimum absolute atomic E-state index is 0.228.